The van der Waals surface area contributed by atoms with E-state index in [1.165, 1.54) is 11.3 Å². The summed E-state index contributed by atoms with van der Waals surface area (Å²) in [5.74, 6) is 0.0906. The molecule has 0 aliphatic carbocycles. The first-order chi connectivity index (χ1) is 9.88. The minimum absolute atomic E-state index is 0.00634. The molecule has 1 aromatic heterocycles. The third kappa shape index (κ3) is 4.12. The van der Waals surface area contributed by atoms with Gasteiger partial charge in [0.15, 0.2) is 5.13 Å². The Labute approximate surface area is 128 Å². The molecule has 5 heteroatoms. The van der Waals surface area contributed by atoms with Crippen LogP contribution in [-0.2, 0) is 10.4 Å². The minimum Gasteiger partial charge on any atom is -0.385 e. The van der Waals surface area contributed by atoms with E-state index >= 15 is 0 Å². The van der Waals surface area contributed by atoms with E-state index in [-0.39, 0.29) is 12.3 Å². The molecule has 1 unspecified atom stereocenters. The summed E-state index contributed by atoms with van der Waals surface area (Å²) in [6, 6.07) is 9.19. The maximum Gasteiger partial charge on any atom is 0.229 e. The van der Waals surface area contributed by atoms with Crippen LogP contribution >= 0.6 is 11.3 Å². The Kier molecular flexibility index (Phi) is 4.75. The molecule has 4 nitrogen and oxygen atoms in total. The average Bonchev–Trinajstić information content (AvgIpc) is 2.87. The number of carbonyl (C=O) groups excluding carboxylic acids is 1. The second-order valence-corrected chi connectivity index (χ2v) is 6.46. The molecule has 112 valence electrons. The van der Waals surface area contributed by atoms with Crippen LogP contribution in [0.3, 0.4) is 0 Å². The van der Waals surface area contributed by atoms with E-state index in [4.69, 9.17) is 0 Å². The van der Waals surface area contributed by atoms with Gasteiger partial charge in [-0.15, -0.1) is 11.3 Å². The van der Waals surface area contributed by atoms with Crippen molar-refractivity contribution in [3.05, 3.63) is 47.0 Å². The number of nitrogens with one attached hydrogen (secondary N) is 1. The number of amides is 1. The topological polar surface area (TPSA) is 62.2 Å². The van der Waals surface area contributed by atoms with Gasteiger partial charge in [0.25, 0.3) is 0 Å². The third-order valence-electron chi connectivity index (χ3n) is 3.26. The predicted molar refractivity (Wildman–Crippen MR) is 85.5 cm³/mol. The van der Waals surface area contributed by atoms with Crippen LogP contribution in [0, 0.1) is 0 Å². The van der Waals surface area contributed by atoms with Crippen molar-refractivity contribution >= 4 is 22.4 Å². The van der Waals surface area contributed by atoms with Crippen molar-refractivity contribution in [2.75, 3.05) is 5.32 Å². The summed E-state index contributed by atoms with van der Waals surface area (Å²) in [5.41, 5.74) is 0.496. The summed E-state index contributed by atoms with van der Waals surface area (Å²) in [7, 11) is 0. The number of aliphatic hydroxyl groups is 1. The largest absolute Gasteiger partial charge is 0.385 e. The van der Waals surface area contributed by atoms with Gasteiger partial charge in [-0.05, 0) is 18.4 Å². The van der Waals surface area contributed by atoms with Crippen molar-refractivity contribution in [2.45, 2.75) is 38.7 Å². The molecule has 0 radical (unpaired) electrons. The Balaban J connectivity index is 2.00. The lowest BCUT2D eigenvalue weighted by Gasteiger charge is -2.22. The van der Waals surface area contributed by atoms with Crippen LogP contribution in [-0.4, -0.2) is 16.0 Å². The Morgan fingerprint density at radius 1 is 1.38 bits per heavy atom. The molecule has 1 aromatic carbocycles. The first-order valence-electron chi connectivity index (χ1n) is 6.91. The fraction of sp³-hybridized carbons (Fsp3) is 0.375. The molecule has 1 atom stereocenters. The van der Waals surface area contributed by atoms with Gasteiger partial charge in [-0.2, -0.15) is 0 Å². The smallest absolute Gasteiger partial charge is 0.229 e. The van der Waals surface area contributed by atoms with Crippen molar-refractivity contribution < 1.29 is 9.90 Å². The molecule has 0 spiro atoms. The van der Waals surface area contributed by atoms with E-state index < -0.39 is 5.60 Å². The lowest BCUT2D eigenvalue weighted by molar-refractivity contribution is -0.120. The summed E-state index contributed by atoms with van der Waals surface area (Å²) in [6.07, 6.45) is -0.00634. The van der Waals surface area contributed by atoms with Crippen LogP contribution in [0.1, 0.15) is 44.4 Å². The Bertz CT molecular complexity index is 606. The highest BCUT2D eigenvalue weighted by atomic mass is 32.1. The second kappa shape index (κ2) is 6.37. The van der Waals surface area contributed by atoms with Crippen LogP contribution in [0.4, 0.5) is 5.13 Å². The summed E-state index contributed by atoms with van der Waals surface area (Å²) >= 11 is 1.40. The maximum absolute atomic E-state index is 12.1. The zero-order valence-corrected chi connectivity index (χ0v) is 13.3. The fourth-order valence-corrected chi connectivity index (χ4v) is 2.87. The summed E-state index contributed by atoms with van der Waals surface area (Å²) in [6.45, 7) is 5.75. The molecule has 0 aliphatic rings. The highest BCUT2D eigenvalue weighted by Gasteiger charge is 2.26. The average molecular weight is 304 g/mol. The van der Waals surface area contributed by atoms with Crippen molar-refractivity contribution in [2.24, 2.45) is 0 Å². The van der Waals surface area contributed by atoms with Gasteiger partial charge in [0.2, 0.25) is 5.91 Å². The Morgan fingerprint density at radius 2 is 2.05 bits per heavy atom. The van der Waals surface area contributed by atoms with E-state index in [0.29, 0.717) is 11.0 Å². The first-order valence-corrected chi connectivity index (χ1v) is 7.79. The third-order valence-corrected chi connectivity index (χ3v) is 4.04. The maximum atomic E-state index is 12.1. The summed E-state index contributed by atoms with van der Waals surface area (Å²) in [5, 5.41) is 15.7. The fourth-order valence-electron chi connectivity index (χ4n) is 1.98. The van der Waals surface area contributed by atoms with Crippen molar-refractivity contribution in [3.8, 4) is 0 Å². The number of rotatable bonds is 5. The van der Waals surface area contributed by atoms with Gasteiger partial charge in [0.05, 0.1) is 17.7 Å². The Hall–Kier alpha value is -1.72. The van der Waals surface area contributed by atoms with E-state index in [9.17, 15) is 9.90 Å². The predicted octanol–water partition coefficient (Wildman–Crippen LogP) is 3.50. The molecule has 0 aliphatic heterocycles. The molecule has 21 heavy (non-hydrogen) atoms. The number of benzene rings is 1. The molecular weight excluding hydrogens is 284 g/mol. The molecule has 2 rings (SSSR count). The zero-order valence-electron chi connectivity index (χ0n) is 12.5. The number of hydrogen-bond acceptors (Lipinski definition) is 4. The number of hydrogen-bond donors (Lipinski definition) is 2. The highest BCUT2D eigenvalue weighted by Crippen LogP contribution is 2.26. The van der Waals surface area contributed by atoms with Crippen molar-refractivity contribution in [3.63, 3.8) is 0 Å². The normalized spacial score (nSPS) is 14.0. The van der Waals surface area contributed by atoms with E-state index in [0.717, 1.165) is 11.3 Å². The number of nitrogens with zero attached hydrogens (tertiary/aromatic N) is 1. The van der Waals surface area contributed by atoms with Crippen LogP contribution < -0.4 is 5.32 Å². The minimum atomic E-state index is -1.19. The van der Waals surface area contributed by atoms with Crippen molar-refractivity contribution in [1.29, 1.82) is 0 Å². The molecule has 2 aromatic rings. The molecule has 1 heterocycles. The molecule has 0 saturated carbocycles. The van der Waals surface area contributed by atoms with Gasteiger partial charge < -0.3 is 10.4 Å². The molecule has 0 saturated heterocycles. The molecule has 0 bridgehead atoms. The number of thiazole rings is 1. The van der Waals surface area contributed by atoms with Gasteiger partial charge in [0, 0.05) is 5.38 Å². The Morgan fingerprint density at radius 3 is 2.62 bits per heavy atom. The first kappa shape index (κ1) is 15.7. The van der Waals surface area contributed by atoms with E-state index in [1.54, 1.807) is 6.92 Å². The second-order valence-electron chi connectivity index (χ2n) is 5.60. The summed E-state index contributed by atoms with van der Waals surface area (Å²) < 4.78 is 0. The molecule has 0 fully saturated rings. The van der Waals surface area contributed by atoms with Crippen LogP contribution in [0.25, 0.3) is 0 Å². The standard InChI is InChI=1S/C16H20N2O2S/c1-11(2)13-10-21-15(17-13)18-14(19)9-16(3,20)12-7-5-4-6-8-12/h4-8,10-11,20H,9H2,1-3H3,(H,17,18,19). The number of carbonyl (C=O) groups is 1. The summed E-state index contributed by atoms with van der Waals surface area (Å²) in [4.78, 5) is 16.4. The molecule has 2 N–H and O–H groups in total. The van der Waals surface area contributed by atoms with Gasteiger partial charge in [-0.3, -0.25) is 4.79 Å². The van der Waals surface area contributed by atoms with Crippen LogP contribution in [0.15, 0.2) is 35.7 Å². The number of aromatic nitrogens is 1. The number of anilines is 1. The monoisotopic (exact) mass is 304 g/mol. The van der Waals surface area contributed by atoms with Crippen molar-refractivity contribution in [1.82, 2.24) is 4.98 Å². The lowest BCUT2D eigenvalue weighted by atomic mass is 9.92. The van der Waals surface area contributed by atoms with Gasteiger partial charge in [-0.1, -0.05) is 44.2 Å². The SMILES string of the molecule is CC(C)c1csc(NC(=O)CC(C)(O)c2ccccc2)n1. The van der Waals surface area contributed by atoms with E-state index in [2.05, 4.69) is 24.1 Å². The molecule has 1 amide bonds. The molecular formula is C16H20N2O2S. The zero-order chi connectivity index (χ0) is 15.5. The van der Waals surface area contributed by atoms with Gasteiger partial charge >= 0.3 is 0 Å². The quantitative estimate of drug-likeness (QED) is 0.888. The van der Waals surface area contributed by atoms with Gasteiger partial charge in [-0.25, -0.2) is 4.98 Å². The van der Waals surface area contributed by atoms with Crippen LogP contribution in [0.5, 0.6) is 0 Å². The van der Waals surface area contributed by atoms with E-state index in [1.807, 2.05) is 35.7 Å². The lowest BCUT2D eigenvalue weighted by Crippen LogP contribution is -2.28. The van der Waals surface area contributed by atoms with Gasteiger partial charge in [0.1, 0.15) is 0 Å². The highest BCUT2D eigenvalue weighted by molar-refractivity contribution is 7.13. The van der Waals surface area contributed by atoms with Crippen LogP contribution in [0.2, 0.25) is 0 Å².